The molecule has 2 heterocycles. The Kier molecular flexibility index (Phi) is 2.85. The Morgan fingerprint density at radius 2 is 2.27 bits per heavy atom. The Balaban J connectivity index is 2.33. The molecule has 0 bridgehead atoms. The number of imidazole rings is 1. The summed E-state index contributed by atoms with van der Waals surface area (Å²) in [6.45, 7) is 0.451. The van der Waals surface area contributed by atoms with Gasteiger partial charge in [-0.1, -0.05) is 0 Å². The first-order chi connectivity index (χ1) is 7.16. The van der Waals surface area contributed by atoms with E-state index >= 15 is 0 Å². The molecule has 0 saturated heterocycles. The zero-order valence-corrected chi connectivity index (χ0v) is 10.2. The van der Waals surface area contributed by atoms with Crippen LogP contribution in [0.2, 0.25) is 0 Å². The fourth-order valence-corrected chi connectivity index (χ4v) is 1.61. The monoisotopic (exact) mass is 316 g/mol. The van der Waals surface area contributed by atoms with E-state index in [1.54, 1.807) is 24.8 Å². The van der Waals surface area contributed by atoms with Crippen LogP contribution in [-0.4, -0.2) is 19.3 Å². The summed E-state index contributed by atoms with van der Waals surface area (Å²) in [4.78, 5) is 15.5. The fourth-order valence-electron chi connectivity index (χ4n) is 1.22. The number of nitrogens with zero attached hydrogens (tertiary/aromatic N) is 4. The molecule has 0 saturated carbocycles. The van der Waals surface area contributed by atoms with Crippen LogP contribution in [0, 0.1) is 3.57 Å². The van der Waals surface area contributed by atoms with Gasteiger partial charge in [-0.2, -0.15) is 5.10 Å². The van der Waals surface area contributed by atoms with Crippen LogP contribution in [0.3, 0.4) is 0 Å². The minimum Gasteiger partial charge on any atom is -0.336 e. The maximum atomic E-state index is 11.5. The number of aryl methyl sites for hydroxylation is 1. The molecule has 0 aromatic carbocycles. The molecule has 0 unspecified atom stereocenters. The first-order valence-corrected chi connectivity index (χ1v) is 5.42. The van der Waals surface area contributed by atoms with Crippen LogP contribution in [-0.2, 0) is 13.6 Å². The Labute approximate surface area is 99.9 Å². The van der Waals surface area contributed by atoms with Crippen molar-refractivity contribution in [3.63, 3.8) is 0 Å². The van der Waals surface area contributed by atoms with Crippen molar-refractivity contribution in [2.75, 3.05) is 0 Å². The van der Waals surface area contributed by atoms with Crippen LogP contribution < -0.4 is 5.56 Å². The quantitative estimate of drug-likeness (QED) is 0.764. The summed E-state index contributed by atoms with van der Waals surface area (Å²) in [6, 6.07) is 1.56. The Bertz CT molecular complexity index is 531. The highest BCUT2D eigenvalue weighted by Gasteiger charge is 2.02. The Morgan fingerprint density at radius 3 is 2.87 bits per heavy atom. The van der Waals surface area contributed by atoms with Crippen molar-refractivity contribution in [1.29, 1.82) is 0 Å². The van der Waals surface area contributed by atoms with E-state index in [1.165, 1.54) is 4.68 Å². The maximum absolute atomic E-state index is 11.5. The molecule has 0 N–H and O–H groups in total. The van der Waals surface area contributed by atoms with Gasteiger partial charge in [0.15, 0.2) is 0 Å². The minimum atomic E-state index is -0.0944. The lowest BCUT2D eigenvalue weighted by Crippen LogP contribution is -2.23. The molecule has 0 radical (unpaired) electrons. The molecule has 0 aliphatic carbocycles. The van der Waals surface area contributed by atoms with Gasteiger partial charge in [0.25, 0.3) is 5.56 Å². The fraction of sp³-hybridized carbons (Fsp3) is 0.222. The van der Waals surface area contributed by atoms with Gasteiger partial charge >= 0.3 is 0 Å². The van der Waals surface area contributed by atoms with Gasteiger partial charge < -0.3 is 4.57 Å². The Hall–Kier alpha value is -1.18. The van der Waals surface area contributed by atoms with Gasteiger partial charge in [0.2, 0.25) is 0 Å². The van der Waals surface area contributed by atoms with Crippen LogP contribution >= 0.6 is 22.6 Å². The third kappa shape index (κ3) is 2.25. The second kappa shape index (κ2) is 4.13. The Morgan fingerprint density at radius 1 is 1.47 bits per heavy atom. The first-order valence-electron chi connectivity index (χ1n) is 4.34. The molecule has 0 atom stereocenters. The van der Waals surface area contributed by atoms with E-state index in [-0.39, 0.29) is 5.56 Å². The molecule has 2 aromatic rings. The molecule has 5 nitrogen and oxygen atoms in total. The van der Waals surface area contributed by atoms with Crippen molar-refractivity contribution in [2.24, 2.45) is 7.05 Å². The van der Waals surface area contributed by atoms with Gasteiger partial charge in [0, 0.05) is 16.7 Å². The topological polar surface area (TPSA) is 52.7 Å². The van der Waals surface area contributed by atoms with E-state index in [0.717, 1.165) is 9.26 Å². The lowest BCUT2D eigenvalue weighted by molar-refractivity contribution is 0.608. The largest absolute Gasteiger partial charge is 0.336 e. The summed E-state index contributed by atoms with van der Waals surface area (Å²) in [5.41, 5.74) is 0.855. The van der Waals surface area contributed by atoms with Crippen LogP contribution in [0.5, 0.6) is 0 Å². The summed E-state index contributed by atoms with van der Waals surface area (Å²) in [5.74, 6) is 0. The van der Waals surface area contributed by atoms with E-state index in [2.05, 4.69) is 32.7 Å². The molecule has 78 valence electrons. The van der Waals surface area contributed by atoms with Gasteiger partial charge in [-0.05, 0) is 22.6 Å². The highest BCUT2D eigenvalue weighted by atomic mass is 127. The van der Waals surface area contributed by atoms with Crippen molar-refractivity contribution in [2.45, 2.75) is 6.54 Å². The van der Waals surface area contributed by atoms with Crippen molar-refractivity contribution < 1.29 is 0 Å². The van der Waals surface area contributed by atoms with E-state index in [0.29, 0.717) is 6.54 Å². The van der Waals surface area contributed by atoms with Gasteiger partial charge in [-0.3, -0.25) is 4.79 Å². The van der Waals surface area contributed by atoms with E-state index in [4.69, 9.17) is 0 Å². The van der Waals surface area contributed by atoms with Crippen LogP contribution in [0.4, 0.5) is 0 Å². The number of rotatable bonds is 2. The average Bonchev–Trinajstić information content (AvgIpc) is 2.57. The third-order valence-electron chi connectivity index (χ3n) is 2.06. The predicted molar refractivity (Wildman–Crippen MR) is 63.5 cm³/mol. The molecule has 15 heavy (non-hydrogen) atoms. The smallest absolute Gasteiger partial charge is 0.268 e. The molecular weight excluding hydrogens is 307 g/mol. The second-order valence-corrected chi connectivity index (χ2v) is 4.41. The van der Waals surface area contributed by atoms with Crippen LogP contribution in [0.25, 0.3) is 0 Å². The average molecular weight is 316 g/mol. The molecule has 0 aliphatic heterocycles. The summed E-state index contributed by atoms with van der Waals surface area (Å²) < 4.78 is 4.13. The lowest BCUT2D eigenvalue weighted by Gasteiger charge is -2.04. The van der Waals surface area contributed by atoms with Gasteiger partial charge in [-0.15, -0.1) is 0 Å². The van der Waals surface area contributed by atoms with E-state index < -0.39 is 0 Å². The number of hydrogen-bond acceptors (Lipinski definition) is 3. The molecular formula is C9H9IN4O. The van der Waals surface area contributed by atoms with Gasteiger partial charge in [-0.25, -0.2) is 9.67 Å². The van der Waals surface area contributed by atoms with Gasteiger partial charge in [0.1, 0.15) is 0 Å². The highest BCUT2D eigenvalue weighted by Crippen LogP contribution is 1.99. The standard InChI is InChI=1S/C9H9IN4O/c1-13-6-11-4-8(13)5-14-9(15)2-7(10)3-12-14/h2-4,6H,5H2,1H3. The van der Waals surface area contributed by atoms with Crippen molar-refractivity contribution >= 4 is 22.6 Å². The highest BCUT2D eigenvalue weighted by molar-refractivity contribution is 14.1. The zero-order valence-electron chi connectivity index (χ0n) is 8.09. The number of halogens is 1. The third-order valence-corrected chi connectivity index (χ3v) is 2.65. The normalized spacial score (nSPS) is 10.5. The lowest BCUT2D eigenvalue weighted by atomic mass is 10.4. The summed E-state index contributed by atoms with van der Waals surface area (Å²) in [7, 11) is 1.89. The first kappa shape index (κ1) is 10.3. The van der Waals surface area contributed by atoms with E-state index in [9.17, 15) is 4.79 Å². The molecule has 0 fully saturated rings. The van der Waals surface area contributed by atoms with Crippen LogP contribution in [0.1, 0.15) is 5.69 Å². The predicted octanol–water partition coefficient (Wildman–Crippen LogP) is 0.630. The molecule has 6 heteroatoms. The van der Waals surface area contributed by atoms with Crippen LogP contribution in [0.15, 0.2) is 29.6 Å². The number of hydrogen-bond donors (Lipinski definition) is 0. The summed E-state index contributed by atoms with van der Waals surface area (Å²) >= 11 is 2.07. The summed E-state index contributed by atoms with van der Waals surface area (Å²) in [5, 5.41) is 4.05. The molecule has 2 rings (SSSR count). The van der Waals surface area contributed by atoms with E-state index in [1.807, 2.05) is 11.6 Å². The van der Waals surface area contributed by atoms with Crippen molar-refractivity contribution in [3.05, 3.63) is 44.4 Å². The van der Waals surface area contributed by atoms with Gasteiger partial charge in [0.05, 0.1) is 31.0 Å². The molecule has 0 aliphatic rings. The summed E-state index contributed by atoms with van der Waals surface area (Å²) in [6.07, 6.45) is 5.09. The SMILES string of the molecule is Cn1cncc1Cn1ncc(I)cc1=O. The zero-order chi connectivity index (χ0) is 10.8. The second-order valence-electron chi connectivity index (χ2n) is 3.17. The van der Waals surface area contributed by atoms with Crippen molar-refractivity contribution in [1.82, 2.24) is 19.3 Å². The molecule has 2 aromatic heterocycles. The number of aromatic nitrogens is 4. The van der Waals surface area contributed by atoms with Crippen molar-refractivity contribution in [3.8, 4) is 0 Å². The maximum Gasteiger partial charge on any atom is 0.268 e. The molecule has 0 amide bonds. The minimum absolute atomic E-state index is 0.0944. The molecule has 0 spiro atoms.